The summed E-state index contributed by atoms with van der Waals surface area (Å²) in [4.78, 5) is 13.3. The second-order valence-corrected chi connectivity index (χ2v) is 5.08. The highest BCUT2D eigenvalue weighted by atomic mass is 16.6. The average molecular weight is 201 g/mol. The topological polar surface area (TPSA) is 29.5 Å². The fourth-order valence-corrected chi connectivity index (χ4v) is 0.947. The molecule has 0 bridgehead atoms. The lowest BCUT2D eigenvalue weighted by molar-refractivity contribution is 0.0198. The van der Waals surface area contributed by atoms with Crippen LogP contribution in [0.2, 0.25) is 0 Å². The maximum absolute atomic E-state index is 11.6. The molecule has 0 saturated carbocycles. The molecular formula is C11H23NO2. The van der Waals surface area contributed by atoms with E-state index in [0.717, 1.165) is 0 Å². The summed E-state index contributed by atoms with van der Waals surface area (Å²) in [7, 11) is 1.78. The minimum atomic E-state index is -0.415. The van der Waals surface area contributed by atoms with E-state index in [1.807, 2.05) is 27.7 Å². The van der Waals surface area contributed by atoms with E-state index in [1.54, 1.807) is 11.9 Å². The van der Waals surface area contributed by atoms with Gasteiger partial charge in [-0.1, -0.05) is 13.8 Å². The molecule has 0 N–H and O–H groups in total. The number of hydrogen-bond donors (Lipinski definition) is 0. The number of amides is 1. The van der Waals surface area contributed by atoms with Crippen LogP contribution < -0.4 is 0 Å². The van der Waals surface area contributed by atoms with Crippen LogP contribution in [0.25, 0.3) is 0 Å². The van der Waals surface area contributed by atoms with Gasteiger partial charge in [0, 0.05) is 13.1 Å². The Morgan fingerprint density at radius 1 is 1.21 bits per heavy atom. The van der Waals surface area contributed by atoms with Gasteiger partial charge < -0.3 is 9.64 Å². The minimum Gasteiger partial charge on any atom is -0.444 e. The molecule has 0 radical (unpaired) electrons. The van der Waals surface area contributed by atoms with Gasteiger partial charge in [-0.25, -0.2) is 4.79 Å². The largest absolute Gasteiger partial charge is 0.444 e. The maximum atomic E-state index is 11.6. The summed E-state index contributed by atoms with van der Waals surface area (Å²) >= 11 is 0. The minimum absolute atomic E-state index is 0.199. The van der Waals surface area contributed by atoms with Crippen molar-refractivity contribution in [3.05, 3.63) is 0 Å². The van der Waals surface area contributed by atoms with E-state index in [4.69, 9.17) is 4.74 Å². The van der Waals surface area contributed by atoms with E-state index < -0.39 is 5.60 Å². The van der Waals surface area contributed by atoms with Gasteiger partial charge in [0.2, 0.25) is 0 Å². The Bertz CT molecular complexity index is 194. The van der Waals surface area contributed by atoms with E-state index in [9.17, 15) is 4.79 Å². The highest BCUT2D eigenvalue weighted by Gasteiger charge is 2.24. The third-order valence-corrected chi connectivity index (χ3v) is 2.26. The molecular weight excluding hydrogens is 178 g/mol. The highest BCUT2D eigenvalue weighted by molar-refractivity contribution is 5.68. The van der Waals surface area contributed by atoms with Crippen molar-refractivity contribution in [1.82, 2.24) is 4.90 Å². The van der Waals surface area contributed by atoms with Crippen molar-refractivity contribution >= 4 is 6.09 Å². The van der Waals surface area contributed by atoms with Gasteiger partial charge in [0.15, 0.2) is 0 Å². The fourth-order valence-electron chi connectivity index (χ4n) is 0.947. The molecule has 3 heteroatoms. The van der Waals surface area contributed by atoms with Crippen molar-refractivity contribution in [2.75, 3.05) is 7.05 Å². The Balaban J connectivity index is 4.26. The molecule has 0 rings (SSSR count). The Hall–Kier alpha value is -0.730. The predicted molar refractivity (Wildman–Crippen MR) is 58.3 cm³/mol. The molecule has 3 nitrogen and oxygen atoms in total. The van der Waals surface area contributed by atoms with Crippen LogP contribution in [0.4, 0.5) is 4.79 Å². The lowest BCUT2D eigenvalue weighted by atomic mass is 10.1. The van der Waals surface area contributed by atoms with Crippen LogP contribution in [0, 0.1) is 5.92 Å². The highest BCUT2D eigenvalue weighted by Crippen LogP contribution is 2.13. The van der Waals surface area contributed by atoms with E-state index >= 15 is 0 Å². The number of hydrogen-bond acceptors (Lipinski definition) is 2. The standard InChI is InChI=1S/C11H23NO2/c1-8(2)9(3)12(7)10(13)14-11(4,5)6/h8-9H,1-7H3/t9-/m0/s1. The molecule has 0 aromatic heterocycles. The first kappa shape index (κ1) is 13.3. The van der Waals surface area contributed by atoms with E-state index in [2.05, 4.69) is 13.8 Å². The normalized spacial score (nSPS) is 14.0. The van der Waals surface area contributed by atoms with E-state index in [0.29, 0.717) is 5.92 Å². The maximum Gasteiger partial charge on any atom is 0.410 e. The Morgan fingerprint density at radius 3 is 1.93 bits per heavy atom. The van der Waals surface area contributed by atoms with Crippen molar-refractivity contribution in [2.24, 2.45) is 5.92 Å². The van der Waals surface area contributed by atoms with Crippen molar-refractivity contribution in [3.8, 4) is 0 Å². The van der Waals surface area contributed by atoms with Crippen LogP contribution in [0.3, 0.4) is 0 Å². The molecule has 0 saturated heterocycles. The summed E-state index contributed by atoms with van der Waals surface area (Å²) in [6, 6.07) is 0.199. The summed E-state index contributed by atoms with van der Waals surface area (Å²) in [5.74, 6) is 0.438. The first-order valence-corrected chi connectivity index (χ1v) is 5.11. The molecule has 1 amide bonds. The van der Waals surface area contributed by atoms with Gasteiger partial charge in [0.05, 0.1) is 0 Å². The van der Waals surface area contributed by atoms with Crippen LogP contribution in [0.5, 0.6) is 0 Å². The summed E-state index contributed by atoms with van der Waals surface area (Å²) in [6.45, 7) is 11.8. The number of ether oxygens (including phenoxy) is 1. The molecule has 0 aliphatic carbocycles. The molecule has 0 fully saturated rings. The quantitative estimate of drug-likeness (QED) is 0.687. The zero-order valence-electron chi connectivity index (χ0n) is 10.4. The molecule has 84 valence electrons. The van der Waals surface area contributed by atoms with Crippen LogP contribution in [0.1, 0.15) is 41.5 Å². The molecule has 0 aliphatic heterocycles. The van der Waals surface area contributed by atoms with Crippen molar-refractivity contribution in [3.63, 3.8) is 0 Å². The average Bonchev–Trinajstić information content (AvgIpc) is 1.98. The molecule has 0 aliphatic rings. The smallest absolute Gasteiger partial charge is 0.410 e. The molecule has 0 unspecified atom stereocenters. The Labute approximate surface area is 87.4 Å². The Morgan fingerprint density at radius 2 is 1.64 bits per heavy atom. The zero-order valence-corrected chi connectivity index (χ0v) is 10.4. The Kier molecular flexibility index (Phi) is 4.43. The van der Waals surface area contributed by atoms with Gasteiger partial charge in [-0.15, -0.1) is 0 Å². The predicted octanol–water partition coefficient (Wildman–Crippen LogP) is 2.90. The molecule has 0 aromatic carbocycles. The second-order valence-electron chi connectivity index (χ2n) is 5.08. The van der Waals surface area contributed by atoms with Crippen LogP contribution >= 0.6 is 0 Å². The first-order valence-electron chi connectivity index (χ1n) is 5.11. The van der Waals surface area contributed by atoms with E-state index in [1.165, 1.54) is 0 Å². The van der Waals surface area contributed by atoms with Crippen LogP contribution in [-0.4, -0.2) is 29.7 Å². The number of carbonyl (C=O) groups excluding carboxylic acids is 1. The summed E-state index contributed by atoms with van der Waals surface area (Å²) in [5.41, 5.74) is -0.415. The van der Waals surface area contributed by atoms with Crippen molar-refractivity contribution in [2.45, 2.75) is 53.2 Å². The second kappa shape index (κ2) is 4.67. The van der Waals surface area contributed by atoms with Gasteiger partial charge in [-0.05, 0) is 33.6 Å². The van der Waals surface area contributed by atoms with E-state index in [-0.39, 0.29) is 12.1 Å². The summed E-state index contributed by atoms with van der Waals surface area (Å²) < 4.78 is 5.26. The first-order chi connectivity index (χ1) is 6.15. The molecule has 14 heavy (non-hydrogen) atoms. The molecule has 1 atom stereocenters. The summed E-state index contributed by atoms with van der Waals surface area (Å²) in [6.07, 6.45) is -0.251. The van der Waals surface area contributed by atoms with Crippen LogP contribution in [0.15, 0.2) is 0 Å². The number of rotatable bonds is 2. The number of nitrogens with zero attached hydrogens (tertiary/aromatic N) is 1. The molecule has 0 aromatic rings. The summed E-state index contributed by atoms with van der Waals surface area (Å²) in [5, 5.41) is 0. The zero-order chi connectivity index (χ0) is 11.5. The van der Waals surface area contributed by atoms with Gasteiger partial charge in [-0.2, -0.15) is 0 Å². The van der Waals surface area contributed by atoms with Gasteiger partial charge in [-0.3, -0.25) is 0 Å². The monoisotopic (exact) mass is 201 g/mol. The van der Waals surface area contributed by atoms with Crippen LogP contribution in [-0.2, 0) is 4.74 Å². The van der Waals surface area contributed by atoms with Gasteiger partial charge in [0.1, 0.15) is 5.60 Å². The van der Waals surface area contributed by atoms with Crippen molar-refractivity contribution < 1.29 is 9.53 Å². The molecule has 0 heterocycles. The SMILES string of the molecule is CC(C)[C@H](C)N(C)C(=O)OC(C)(C)C. The third-order valence-electron chi connectivity index (χ3n) is 2.26. The van der Waals surface area contributed by atoms with Gasteiger partial charge >= 0.3 is 6.09 Å². The van der Waals surface area contributed by atoms with Crippen molar-refractivity contribution in [1.29, 1.82) is 0 Å². The lowest BCUT2D eigenvalue weighted by Crippen LogP contribution is -2.41. The lowest BCUT2D eigenvalue weighted by Gasteiger charge is -2.30. The fraction of sp³-hybridized carbons (Fsp3) is 0.909. The number of carbonyl (C=O) groups is 1. The molecule has 0 spiro atoms. The van der Waals surface area contributed by atoms with Gasteiger partial charge in [0.25, 0.3) is 0 Å². The third kappa shape index (κ3) is 4.49.